The van der Waals surface area contributed by atoms with Crippen LogP contribution in [-0.4, -0.2) is 35.0 Å². The van der Waals surface area contributed by atoms with Crippen LogP contribution in [0.4, 0.5) is 5.69 Å². The van der Waals surface area contributed by atoms with Crippen LogP contribution in [0.5, 0.6) is 0 Å². The van der Waals surface area contributed by atoms with Crippen molar-refractivity contribution in [1.82, 2.24) is 0 Å². The van der Waals surface area contributed by atoms with Gasteiger partial charge in [-0.2, -0.15) is 0 Å². The molecule has 8 heteroatoms. The first-order valence-electron chi connectivity index (χ1n) is 9.07. The fraction of sp³-hybridized carbons (Fsp3) is 0.238. The zero-order valence-corrected chi connectivity index (χ0v) is 15.9. The molecule has 152 valence electrons. The van der Waals surface area contributed by atoms with Gasteiger partial charge >= 0.3 is 5.97 Å². The molecule has 0 aromatic heterocycles. The van der Waals surface area contributed by atoms with Gasteiger partial charge in [-0.25, -0.2) is 0 Å². The van der Waals surface area contributed by atoms with Crippen LogP contribution in [0, 0.1) is 5.41 Å². The number of carbonyl (C=O) groups is 3. The van der Waals surface area contributed by atoms with E-state index in [2.05, 4.69) is 0 Å². The number of ketones is 1. The molecule has 0 radical (unpaired) electrons. The van der Waals surface area contributed by atoms with Crippen LogP contribution in [-0.2, 0) is 16.0 Å². The van der Waals surface area contributed by atoms with Crippen molar-refractivity contribution in [3.8, 4) is 11.1 Å². The largest absolute Gasteiger partial charge is 0.481 e. The molecule has 0 aliphatic heterocycles. The zero-order chi connectivity index (χ0) is 21.6. The van der Waals surface area contributed by atoms with Crippen molar-refractivity contribution < 1.29 is 19.5 Å². The summed E-state index contributed by atoms with van der Waals surface area (Å²) in [6, 6.07) is 9.22. The molecule has 1 unspecified atom stereocenters. The van der Waals surface area contributed by atoms with Gasteiger partial charge in [0.25, 0.3) is 0 Å². The molecule has 0 heterocycles. The normalized spacial score (nSPS) is 11.6. The lowest BCUT2D eigenvalue weighted by Gasteiger charge is -2.18. The maximum Gasteiger partial charge on any atom is 0.303 e. The minimum atomic E-state index is -1.03. The second kappa shape index (κ2) is 9.61. The van der Waals surface area contributed by atoms with Crippen molar-refractivity contribution in [2.24, 2.45) is 11.5 Å². The predicted octanol–water partition coefficient (Wildman–Crippen LogP) is 1.73. The Morgan fingerprint density at radius 1 is 1.14 bits per heavy atom. The molecule has 8 nitrogen and oxygen atoms in total. The quantitative estimate of drug-likeness (QED) is 0.134. The molecule has 0 spiro atoms. The molecule has 29 heavy (non-hydrogen) atoms. The summed E-state index contributed by atoms with van der Waals surface area (Å²) in [6.07, 6.45) is 1.20. The van der Waals surface area contributed by atoms with Crippen LogP contribution in [0.1, 0.15) is 40.7 Å². The topological polar surface area (TPSA) is 173 Å². The number of aryl methyl sites for hydroxylation is 1. The summed E-state index contributed by atoms with van der Waals surface area (Å²) >= 11 is 0. The first-order chi connectivity index (χ1) is 13.8. The Morgan fingerprint density at radius 2 is 1.79 bits per heavy atom. The molecule has 0 saturated carbocycles. The summed E-state index contributed by atoms with van der Waals surface area (Å²) in [5.41, 5.74) is 20.5. The van der Waals surface area contributed by atoms with Gasteiger partial charge < -0.3 is 27.1 Å². The number of rotatable bonds is 10. The molecule has 0 saturated heterocycles. The molecule has 2 rings (SSSR count). The number of benzene rings is 2. The van der Waals surface area contributed by atoms with E-state index in [1.165, 1.54) is 0 Å². The Labute approximate surface area is 168 Å². The van der Waals surface area contributed by atoms with Gasteiger partial charge in [0, 0.05) is 24.1 Å². The van der Waals surface area contributed by atoms with Crippen molar-refractivity contribution in [2.45, 2.75) is 31.7 Å². The fourth-order valence-electron chi connectivity index (χ4n) is 3.04. The molecular weight excluding hydrogens is 372 g/mol. The molecule has 0 fully saturated rings. The number of Topliss-reactive ketones (excluding diaryl/α,β-unsaturated/α-hetero) is 1. The molecule has 0 aliphatic carbocycles. The van der Waals surface area contributed by atoms with Crippen LogP contribution in [0.2, 0.25) is 0 Å². The first kappa shape index (κ1) is 21.8. The highest BCUT2D eigenvalue weighted by Gasteiger charge is 2.23. The average Bonchev–Trinajstić information content (AvgIpc) is 2.68. The van der Waals surface area contributed by atoms with E-state index in [1.54, 1.807) is 36.4 Å². The van der Waals surface area contributed by atoms with E-state index in [4.69, 9.17) is 27.7 Å². The summed E-state index contributed by atoms with van der Waals surface area (Å²) in [5.74, 6) is -1.44. The molecule has 8 N–H and O–H groups in total. The Morgan fingerprint density at radius 3 is 2.34 bits per heavy atom. The smallest absolute Gasteiger partial charge is 0.303 e. The monoisotopic (exact) mass is 396 g/mol. The molecule has 0 aliphatic rings. The summed E-state index contributed by atoms with van der Waals surface area (Å²) in [6.45, 7) is 0. The highest BCUT2D eigenvalue weighted by atomic mass is 16.4. The van der Waals surface area contributed by atoms with Gasteiger partial charge in [-0.1, -0.05) is 36.4 Å². The average molecular weight is 396 g/mol. The van der Waals surface area contributed by atoms with Crippen molar-refractivity contribution in [3.05, 3.63) is 53.1 Å². The lowest BCUT2D eigenvalue weighted by Crippen LogP contribution is -2.32. The highest BCUT2D eigenvalue weighted by Crippen LogP contribution is 2.32. The van der Waals surface area contributed by atoms with E-state index in [9.17, 15) is 14.4 Å². The standard InChI is InChI=1S/C21H24N4O4/c22-16(10-11-26)20(29)18-15(12-4-6-14(7-5-12)21(24)25)9-8-13(19(18)23)2-1-3-17(27)28/h4-9,11,16H,1-3,10,22-23H2,(H3,24,25)(H,27,28). The SMILES string of the molecule is N=C(N)c1ccc(-c2ccc(CCCC(=O)O)c(N)c2C(=O)C(N)CC=O)cc1. The third-order valence-electron chi connectivity index (χ3n) is 4.61. The van der Waals surface area contributed by atoms with E-state index >= 15 is 0 Å². The number of nitrogens with two attached hydrogens (primary N) is 3. The Hall–Kier alpha value is -3.52. The highest BCUT2D eigenvalue weighted by molar-refractivity contribution is 6.10. The molecule has 1 atom stereocenters. The maximum absolute atomic E-state index is 12.9. The lowest BCUT2D eigenvalue weighted by molar-refractivity contribution is -0.137. The van der Waals surface area contributed by atoms with Gasteiger partial charge in [-0.05, 0) is 29.5 Å². The summed E-state index contributed by atoms with van der Waals surface area (Å²) in [4.78, 5) is 34.5. The van der Waals surface area contributed by atoms with Crippen LogP contribution >= 0.6 is 0 Å². The summed E-state index contributed by atoms with van der Waals surface area (Å²) in [7, 11) is 0. The van der Waals surface area contributed by atoms with E-state index in [1.807, 2.05) is 0 Å². The van der Waals surface area contributed by atoms with Crippen LogP contribution in [0.15, 0.2) is 36.4 Å². The molecular formula is C21H24N4O4. The van der Waals surface area contributed by atoms with E-state index in [-0.39, 0.29) is 29.9 Å². The number of anilines is 1. The van der Waals surface area contributed by atoms with Crippen molar-refractivity contribution in [2.75, 3.05) is 5.73 Å². The Bertz CT molecular complexity index is 938. The minimum absolute atomic E-state index is 0.0123. The van der Waals surface area contributed by atoms with Gasteiger partial charge in [-0.15, -0.1) is 0 Å². The zero-order valence-electron chi connectivity index (χ0n) is 15.9. The van der Waals surface area contributed by atoms with E-state index in [0.717, 1.165) is 0 Å². The molecule has 0 bridgehead atoms. The number of carbonyl (C=O) groups excluding carboxylic acids is 2. The number of carboxylic acids is 1. The number of carboxylic acid groups (broad SMARTS) is 1. The minimum Gasteiger partial charge on any atom is -0.481 e. The van der Waals surface area contributed by atoms with Gasteiger partial charge in [0.05, 0.1) is 11.6 Å². The van der Waals surface area contributed by atoms with Crippen molar-refractivity contribution in [1.29, 1.82) is 5.41 Å². The second-order valence-corrected chi connectivity index (χ2v) is 6.67. The molecule has 2 aromatic rings. The first-order valence-corrected chi connectivity index (χ1v) is 9.07. The van der Waals surface area contributed by atoms with Gasteiger partial charge in [0.15, 0.2) is 5.78 Å². The van der Waals surface area contributed by atoms with Crippen LogP contribution < -0.4 is 17.2 Å². The lowest BCUT2D eigenvalue weighted by atomic mass is 9.88. The van der Waals surface area contributed by atoms with Crippen molar-refractivity contribution >= 4 is 29.6 Å². The van der Waals surface area contributed by atoms with E-state index in [0.29, 0.717) is 41.4 Å². The van der Waals surface area contributed by atoms with E-state index < -0.39 is 17.8 Å². The van der Waals surface area contributed by atoms with Gasteiger partial charge in [0.2, 0.25) is 0 Å². The fourth-order valence-corrected chi connectivity index (χ4v) is 3.04. The third kappa shape index (κ3) is 5.26. The number of amidine groups is 1. The third-order valence-corrected chi connectivity index (χ3v) is 4.61. The van der Waals surface area contributed by atoms with Gasteiger partial charge in [-0.3, -0.25) is 15.0 Å². The number of hydrogen-bond donors (Lipinski definition) is 5. The van der Waals surface area contributed by atoms with Crippen LogP contribution in [0.3, 0.4) is 0 Å². The molecule has 2 aromatic carbocycles. The summed E-state index contributed by atoms with van der Waals surface area (Å²) in [5, 5.41) is 16.3. The number of hydrogen-bond acceptors (Lipinski definition) is 6. The number of aliphatic carboxylic acids is 1. The maximum atomic E-state index is 12.9. The van der Waals surface area contributed by atoms with Crippen LogP contribution in [0.25, 0.3) is 11.1 Å². The Balaban J connectivity index is 2.52. The molecule has 0 amide bonds. The number of nitrogen functional groups attached to an aromatic ring is 2. The number of nitrogens with one attached hydrogen (secondary N) is 1. The second-order valence-electron chi connectivity index (χ2n) is 6.67. The Kier molecular flexibility index (Phi) is 7.21. The van der Waals surface area contributed by atoms with Crippen molar-refractivity contribution in [3.63, 3.8) is 0 Å². The van der Waals surface area contributed by atoms with Gasteiger partial charge in [0.1, 0.15) is 12.1 Å². The predicted molar refractivity (Wildman–Crippen MR) is 111 cm³/mol. The summed E-state index contributed by atoms with van der Waals surface area (Å²) < 4.78 is 0. The number of aldehydes is 1.